The molecule has 1 N–H and O–H groups in total. The van der Waals surface area contributed by atoms with Gasteiger partial charge in [-0.15, -0.1) is 0 Å². The van der Waals surface area contributed by atoms with E-state index in [-0.39, 0.29) is 11.8 Å². The van der Waals surface area contributed by atoms with Gasteiger partial charge in [-0.05, 0) is 59.9 Å². The van der Waals surface area contributed by atoms with Crippen molar-refractivity contribution in [3.05, 3.63) is 94.2 Å². The number of rotatable bonds is 7. The number of pyridine rings is 1. The highest BCUT2D eigenvalue weighted by atomic mass is 79.9. The van der Waals surface area contributed by atoms with Crippen LogP contribution in [-0.4, -0.2) is 10.9 Å². The predicted octanol–water partition coefficient (Wildman–Crippen LogP) is 4.84. The first-order valence-corrected chi connectivity index (χ1v) is 10.1. The molecular formula is C23H21BrN2O2. The Bertz CT molecular complexity index is 927. The molecular weight excluding hydrogens is 416 g/mol. The molecule has 2 atom stereocenters. The number of hydrogen-bond acceptors (Lipinski definition) is 3. The van der Waals surface area contributed by atoms with Crippen molar-refractivity contribution in [2.24, 2.45) is 5.92 Å². The molecule has 142 valence electrons. The molecule has 1 amide bonds. The summed E-state index contributed by atoms with van der Waals surface area (Å²) in [5.74, 6) is 1.35. The van der Waals surface area contributed by atoms with E-state index in [1.807, 2.05) is 54.6 Å². The Labute approximate surface area is 173 Å². The highest BCUT2D eigenvalue weighted by Crippen LogP contribution is 2.47. The summed E-state index contributed by atoms with van der Waals surface area (Å²) in [6.07, 6.45) is 2.68. The second-order valence-electron chi connectivity index (χ2n) is 6.97. The molecule has 0 aliphatic heterocycles. The summed E-state index contributed by atoms with van der Waals surface area (Å²) >= 11 is 3.45. The van der Waals surface area contributed by atoms with Gasteiger partial charge in [0.2, 0.25) is 5.91 Å². The maximum atomic E-state index is 12.4. The van der Waals surface area contributed by atoms with Gasteiger partial charge in [0.05, 0.1) is 5.69 Å². The predicted molar refractivity (Wildman–Crippen MR) is 112 cm³/mol. The molecule has 1 aliphatic rings. The topological polar surface area (TPSA) is 51.2 Å². The van der Waals surface area contributed by atoms with Crippen LogP contribution in [0, 0.1) is 5.92 Å². The van der Waals surface area contributed by atoms with Crippen LogP contribution in [0.1, 0.15) is 29.2 Å². The number of hydrogen-bond donors (Lipinski definition) is 1. The minimum atomic E-state index is 0.0853. The summed E-state index contributed by atoms with van der Waals surface area (Å²) in [6, 6.07) is 21.8. The van der Waals surface area contributed by atoms with Gasteiger partial charge in [-0.2, -0.15) is 0 Å². The monoisotopic (exact) mass is 436 g/mol. The van der Waals surface area contributed by atoms with Crippen LogP contribution in [0.4, 0.5) is 0 Å². The molecule has 2 unspecified atom stereocenters. The molecule has 1 heterocycles. The van der Waals surface area contributed by atoms with E-state index in [1.54, 1.807) is 6.20 Å². The highest BCUT2D eigenvalue weighted by molar-refractivity contribution is 9.10. The zero-order valence-corrected chi connectivity index (χ0v) is 16.9. The van der Waals surface area contributed by atoms with E-state index < -0.39 is 0 Å². The highest BCUT2D eigenvalue weighted by Gasteiger charge is 2.43. The number of halogens is 1. The third-order valence-electron chi connectivity index (χ3n) is 4.93. The minimum Gasteiger partial charge on any atom is -0.487 e. The fraction of sp³-hybridized carbons (Fsp3) is 0.217. The fourth-order valence-electron chi connectivity index (χ4n) is 3.23. The van der Waals surface area contributed by atoms with Crippen LogP contribution in [-0.2, 0) is 17.9 Å². The lowest BCUT2D eigenvalue weighted by atomic mass is 10.1. The molecule has 3 aromatic rings. The molecule has 4 rings (SSSR count). The van der Waals surface area contributed by atoms with Crippen LogP contribution in [0.2, 0.25) is 0 Å². The Kier molecular flexibility index (Phi) is 5.72. The number of benzene rings is 2. The van der Waals surface area contributed by atoms with E-state index in [4.69, 9.17) is 4.74 Å². The summed E-state index contributed by atoms with van der Waals surface area (Å²) < 4.78 is 6.80. The van der Waals surface area contributed by atoms with Gasteiger partial charge in [-0.25, -0.2) is 0 Å². The SMILES string of the molecule is O=C(NCc1ccc(OCc2ccccn2)cc1)C1CC1c1ccc(Br)cc1. The number of carbonyl (C=O) groups excluding carboxylic acids is 1. The number of amides is 1. The molecule has 0 bridgehead atoms. The summed E-state index contributed by atoms with van der Waals surface area (Å²) in [4.78, 5) is 16.6. The summed E-state index contributed by atoms with van der Waals surface area (Å²) in [6.45, 7) is 0.971. The van der Waals surface area contributed by atoms with E-state index in [9.17, 15) is 4.79 Å². The third kappa shape index (κ3) is 4.78. The lowest BCUT2D eigenvalue weighted by Crippen LogP contribution is -2.24. The normalized spacial score (nSPS) is 17.8. The van der Waals surface area contributed by atoms with Gasteiger partial charge >= 0.3 is 0 Å². The smallest absolute Gasteiger partial charge is 0.224 e. The summed E-state index contributed by atoms with van der Waals surface area (Å²) in [5, 5.41) is 3.05. The molecule has 1 aromatic heterocycles. The first-order chi connectivity index (χ1) is 13.7. The molecule has 1 aliphatic carbocycles. The summed E-state index contributed by atoms with van der Waals surface area (Å²) in [7, 11) is 0. The first-order valence-electron chi connectivity index (χ1n) is 9.34. The van der Waals surface area contributed by atoms with Crippen molar-refractivity contribution in [1.82, 2.24) is 10.3 Å². The van der Waals surface area contributed by atoms with E-state index in [2.05, 4.69) is 38.4 Å². The quantitative estimate of drug-likeness (QED) is 0.576. The van der Waals surface area contributed by atoms with Crippen molar-refractivity contribution < 1.29 is 9.53 Å². The number of nitrogens with zero attached hydrogens (tertiary/aromatic N) is 1. The Balaban J connectivity index is 1.24. The average Bonchev–Trinajstić information content (AvgIpc) is 3.53. The standard InChI is InChI=1S/C23H21BrN2O2/c24-18-8-6-17(7-9-18)21-13-22(21)23(27)26-14-16-4-10-20(11-5-16)28-15-19-3-1-2-12-25-19/h1-12,21-22H,13-15H2,(H,26,27). The second-order valence-corrected chi connectivity index (χ2v) is 7.89. The van der Waals surface area contributed by atoms with Gasteiger partial charge in [0, 0.05) is 23.1 Å². The van der Waals surface area contributed by atoms with Gasteiger partial charge < -0.3 is 10.1 Å². The van der Waals surface area contributed by atoms with Gasteiger partial charge in [0.15, 0.2) is 0 Å². The zero-order chi connectivity index (χ0) is 19.3. The Morgan fingerprint density at radius 3 is 2.57 bits per heavy atom. The van der Waals surface area contributed by atoms with Crippen LogP contribution in [0.3, 0.4) is 0 Å². The molecule has 4 nitrogen and oxygen atoms in total. The molecule has 5 heteroatoms. The average molecular weight is 437 g/mol. The maximum Gasteiger partial charge on any atom is 0.224 e. The van der Waals surface area contributed by atoms with Gasteiger partial charge in [0.1, 0.15) is 12.4 Å². The minimum absolute atomic E-state index is 0.0853. The third-order valence-corrected chi connectivity index (χ3v) is 5.46. The van der Waals surface area contributed by atoms with Crippen molar-refractivity contribution in [2.45, 2.75) is 25.5 Å². The molecule has 2 aromatic carbocycles. The molecule has 28 heavy (non-hydrogen) atoms. The largest absolute Gasteiger partial charge is 0.487 e. The lowest BCUT2D eigenvalue weighted by Gasteiger charge is -2.08. The van der Waals surface area contributed by atoms with Crippen molar-refractivity contribution >= 4 is 21.8 Å². The molecule has 0 saturated heterocycles. The van der Waals surface area contributed by atoms with E-state index >= 15 is 0 Å². The van der Waals surface area contributed by atoms with Gasteiger partial charge in [0.25, 0.3) is 0 Å². The Morgan fingerprint density at radius 2 is 1.86 bits per heavy atom. The van der Waals surface area contributed by atoms with Crippen LogP contribution >= 0.6 is 15.9 Å². The number of nitrogens with one attached hydrogen (secondary N) is 1. The molecule has 1 saturated carbocycles. The maximum absolute atomic E-state index is 12.4. The van der Waals surface area contributed by atoms with E-state index in [0.29, 0.717) is 19.1 Å². The van der Waals surface area contributed by atoms with Gasteiger partial charge in [-0.3, -0.25) is 9.78 Å². The lowest BCUT2D eigenvalue weighted by molar-refractivity contribution is -0.122. The Morgan fingerprint density at radius 1 is 1.07 bits per heavy atom. The number of ether oxygens (including phenoxy) is 1. The van der Waals surface area contributed by atoms with Gasteiger partial charge in [-0.1, -0.05) is 46.3 Å². The van der Waals surface area contributed by atoms with E-state index in [0.717, 1.165) is 27.9 Å². The molecule has 0 radical (unpaired) electrons. The van der Waals surface area contributed by atoms with Crippen LogP contribution < -0.4 is 10.1 Å². The number of aromatic nitrogens is 1. The molecule has 0 spiro atoms. The van der Waals surface area contributed by atoms with Crippen molar-refractivity contribution in [3.63, 3.8) is 0 Å². The van der Waals surface area contributed by atoms with Crippen LogP contribution in [0.25, 0.3) is 0 Å². The van der Waals surface area contributed by atoms with Crippen LogP contribution in [0.5, 0.6) is 5.75 Å². The van der Waals surface area contributed by atoms with E-state index in [1.165, 1.54) is 5.56 Å². The number of carbonyl (C=O) groups is 1. The van der Waals surface area contributed by atoms with Crippen molar-refractivity contribution in [3.8, 4) is 5.75 Å². The zero-order valence-electron chi connectivity index (χ0n) is 15.3. The van der Waals surface area contributed by atoms with Crippen molar-refractivity contribution in [1.29, 1.82) is 0 Å². The summed E-state index contributed by atoms with van der Waals surface area (Å²) in [5.41, 5.74) is 3.18. The Hall–Kier alpha value is -2.66. The van der Waals surface area contributed by atoms with Crippen molar-refractivity contribution in [2.75, 3.05) is 0 Å². The fourth-order valence-corrected chi connectivity index (χ4v) is 3.49. The second kappa shape index (κ2) is 8.57. The first kappa shape index (κ1) is 18.7. The molecule has 1 fully saturated rings. The van der Waals surface area contributed by atoms with Crippen LogP contribution in [0.15, 0.2) is 77.4 Å².